The Morgan fingerprint density at radius 2 is 2.00 bits per heavy atom. The Morgan fingerprint density at radius 1 is 1.32 bits per heavy atom. The van der Waals surface area contributed by atoms with Gasteiger partial charge in [-0.05, 0) is 36.3 Å². The second kappa shape index (κ2) is 4.85. The van der Waals surface area contributed by atoms with Crippen LogP contribution in [0.4, 0.5) is 5.69 Å². The van der Waals surface area contributed by atoms with Crippen molar-refractivity contribution in [2.24, 2.45) is 11.8 Å². The third-order valence-corrected chi connectivity index (χ3v) is 4.59. The first kappa shape index (κ1) is 12.5. The highest BCUT2D eigenvalue weighted by molar-refractivity contribution is 5.95. The molecule has 2 aliphatic rings. The van der Waals surface area contributed by atoms with Crippen LogP contribution in [-0.4, -0.2) is 29.1 Å². The number of nitrogens with zero attached hydrogens (tertiary/aromatic N) is 1. The molecule has 3 rings (SSSR count). The highest BCUT2D eigenvalue weighted by Crippen LogP contribution is 2.38. The molecule has 1 saturated carbocycles. The van der Waals surface area contributed by atoms with Gasteiger partial charge in [-0.3, -0.25) is 4.90 Å². The van der Waals surface area contributed by atoms with Crippen LogP contribution in [0.3, 0.4) is 0 Å². The Kier molecular flexibility index (Phi) is 3.19. The molecule has 0 amide bonds. The fourth-order valence-electron chi connectivity index (χ4n) is 3.71. The van der Waals surface area contributed by atoms with Crippen molar-refractivity contribution in [3.05, 3.63) is 29.3 Å². The van der Waals surface area contributed by atoms with Gasteiger partial charge in [0, 0.05) is 25.3 Å². The highest BCUT2D eigenvalue weighted by atomic mass is 16.4. The summed E-state index contributed by atoms with van der Waals surface area (Å²) in [5.74, 6) is 0.733. The van der Waals surface area contributed by atoms with E-state index in [1.54, 1.807) is 6.07 Å². The maximum absolute atomic E-state index is 11.3. The summed E-state index contributed by atoms with van der Waals surface area (Å²) < 4.78 is 0. The quantitative estimate of drug-likeness (QED) is 0.818. The number of likely N-dealkylation sites (tertiary alicyclic amines) is 1. The van der Waals surface area contributed by atoms with E-state index in [1.807, 2.05) is 12.1 Å². The summed E-state index contributed by atoms with van der Waals surface area (Å²) in [6.07, 6.45) is 4.04. The number of hydrogen-bond acceptors (Lipinski definition) is 3. The van der Waals surface area contributed by atoms with Gasteiger partial charge in [0.1, 0.15) is 0 Å². The molecule has 1 aromatic rings. The molecule has 3 N–H and O–H groups in total. The molecule has 4 heteroatoms. The van der Waals surface area contributed by atoms with E-state index in [-0.39, 0.29) is 5.56 Å². The predicted molar refractivity (Wildman–Crippen MR) is 73.9 cm³/mol. The molecule has 19 heavy (non-hydrogen) atoms. The van der Waals surface area contributed by atoms with Crippen LogP contribution in [0, 0.1) is 11.8 Å². The zero-order valence-corrected chi connectivity index (χ0v) is 11.0. The van der Waals surface area contributed by atoms with Crippen LogP contribution in [0.25, 0.3) is 0 Å². The summed E-state index contributed by atoms with van der Waals surface area (Å²) >= 11 is 0. The highest BCUT2D eigenvalue weighted by Gasteiger charge is 2.36. The normalized spacial score (nSPS) is 26.5. The first-order valence-electron chi connectivity index (χ1n) is 6.98. The van der Waals surface area contributed by atoms with E-state index in [1.165, 1.54) is 19.3 Å². The van der Waals surface area contributed by atoms with Crippen molar-refractivity contribution < 1.29 is 9.90 Å². The standard InChI is InChI=1S/C15H20N2O2/c16-13-6-2-5-12(14(13)15(18)19)9-17-7-10-3-1-4-11(10)8-17/h2,5-6,10-11H,1,3-4,7-9,16H2,(H,18,19). The number of benzene rings is 1. The second-order valence-corrected chi connectivity index (χ2v) is 5.83. The van der Waals surface area contributed by atoms with Crippen molar-refractivity contribution in [1.29, 1.82) is 0 Å². The van der Waals surface area contributed by atoms with E-state index >= 15 is 0 Å². The van der Waals surface area contributed by atoms with Crippen molar-refractivity contribution in [2.45, 2.75) is 25.8 Å². The van der Waals surface area contributed by atoms with Gasteiger partial charge < -0.3 is 10.8 Å². The smallest absolute Gasteiger partial charge is 0.338 e. The molecule has 1 heterocycles. The van der Waals surface area contributed by atoms with Gasteiger partial charge >= 0.3 is 5.97 Å². The first-order chi connectivity index (χ1) is 9.15. The van der Waals surface area contributed by atoms with Gasteiger partial charge in [-0.25, -0.2) is 4.79 Å². The summed E-state index contributed by atoms with van der Waals surface area (Å²) in [6, 6.07) is 5.38. The summed E-state index contributed by atoms with van der Waals surface area (Å²) in [7, 11) is 0. The summed E-state index contributed by atoms with van der Waals surface area (Å²) in [5, 5.41) is 9.28. The average molecular weight is 260 g/mol. The van der Waals surface area contributed by atoms with Crippen LogP contribution in [0.1, 0.15) is 35.2 Å². The maximum Gasteiger partial charge on any atom is 0.338 e. The Morgan fingerprint density at radius 3 is 2.63 bits per heavy atom. The van der Waals surface area contributed by atoms with Crippen molar-refractivity contribution >= 4 is 11.7 Å². The van der Waals surface area contributed by atoms with E-state index in [4.69, 9.17) is 5.73 Å². The third-order valence-electron chi connectivity index (χ3n) is 4.59. The number of nitrogen functional groups attached to an aromatic ring is 1. The molecule has 1 aromatic carbocycles. The SMILES string of the molecule is Nc1cccc(CN2CC3CCCC3C2)c1C(=O)O. The minimum Gasteiger partial charge on any atom is -0.478 e. The van der Waals surface area contributed by atoms with Gasteiger partial charge in [0.2, 0.25) is 0 Å². The number of hydrogen-bond donors (Lipinski definition) is 2. The predicted octanol–water partition coefficient (Wildman–Crippen LogP) is 2.20. The van der Waals surface area contributed by atoms with Crippen LogP contribution in [0.5, 0.6) is 0 Å². The molecule has 1 saturated heterocycles. The largest absolute Gasteiger partial charge is 0.478 e. The maximum atomic E-state index is 11.3. The number of aromatic carboxylic acids is 1. The van der Waals surface area contributed by atoms with Crippen LogP contribution in [-0.2, 0) is 6.54 Å². The average Bonchev–Trinajstić information content (AvgIpc) is 2.88. The van der Waals surface area contributed by atoms with Gasteiger partial charge in [-0.1, -0.05) is 18.6 Å². The van der Waals surface area contributed by atoms with Gasteiger partial charge in [-0.15, -0.1) is 0 Å². The molecule has 2 unspecified atom stereocenters. The fourth-order valence-corrected chi connectivity index (χ4v) is 3.71. The number of carboxylic acids is 1. The van der Waals surface area contributed by atoms with E-state index in [9.17, 15) is 9.90 Å². The van der Waals surface area contributed by atoms with Gasteiger partial charge in [0.05, 0.1) is 5.56 Å². The first-order valence-corrected chi connectivity index (χ1v) is 6.98. The molecule has 1 aliphatic carbocycles. The van der Waals surface area contributed by atoms with Crippen molar-refractivity contribution in [3.63, 3.8) is 0 Å². The lowest BCUT2D eigenvalue weighted by molar-refractivity contribution is 0.0696. The Labute approximate surface area is 113 Å². The van der Waals surface area contributed by atoms with E-state index in [2.05, 4.69) is 4.90 Å². The lowest BCUT2D eigenvalue weighted by Crippen LogP contribution is -2.23. The van der Waals surface area contributed by atoms with Crippen molar-refractivity contribution in [3.8, 4) is 0 Å². The number of rotatable bonds is 3. The lowest BCUT2D eigenvalue weighted by atomic mass is 10.0. The monoisotopic (exact) mass is 260 g/mol. The molecule has 1 aliphatic heterocycles. The van der Waals surface area contributed by atoms with Gasteiger partial charge in [-0.2, -0.15) is 0 Å². The molecule has 102 valence electrons. The number of carbonyl (C=O) groups is 1. The van der Waals surface area contributed by atoms with Crippen molar-refractivity contribution in [1.82, 2.24) is 4.90 Å². The Bertz CT molecular complexity index is 489. The topological polar surface area (TPSA) is 66.6 Å². The second-order valence-electron chi connectivity index (χ2n) is 5.83. The fraction of sp³-hybridized carbons (Fsp3) is 0.533. The van der Waals surface area contributed by atoms with E-state index < -0.39 is 5.97 Å². The van der Waals surface area contributed by atoms with Crippen LogP contribution >= 0.6 is 0 Å². The zero-order chi connectivity index (χ0) is 13.4. The summed E-state index contributed by atoms with van der Waals surface area (Å²) in [5.41, 5.74) is 7.27. The number of fused-ring (bicyclic) bond motifs is 1. The number of anilines is 1. The molecule has 0 bridgehead atoms. The molecular weight excluding hydrogens is 240 g/mol. The minimum atomic E-state index is -0.924. The number of carboxylic acid groups (broad SMARTS) is 1. The van der Waals surface area contributed by atoms with Crippen LogP contribution in [0.15, 0.2) is 18.2 Å². The minimum absolute atomic E-state index is 0.277. The Balaban J connectivity index is 1.77. The molecule has 2 fully saturated rings. The molecular formula is C15H20N2O2. The van der Waals surface area contributed by atoms with Crippen LogP contribution in [0.2, 0.25) is 0 Å². The zero-order valence-electron chi connectivity index (χ0n) is 11.0. The molecule has 0 radical (unpaired) electrons. The summed E-state index contributed by atoms with van der Waals surface area (Å²) in [6.45, 7) is 2.93. The molecule has 0 spiro atoms. The summed E-state index contributed by atoms with van der Waals surface area (Å²) in [4.78, 5) is 13.7. The third kappa shape index (κ3) is 2.32. The van der Waals surface area contributed by atoms with Gasteiger partial charge in [0.15, 0.2) is 0 Å². The van der Waals surface area contributed by atoms with E-state index in [0.717, 1.165) is 30.5 Å². The molecule has 2 atom stereocenters. The van der Waals surface area contributed by atoms with Gasteiger partial charge in [0.25, 0.3) is 0 Å². The lowest BCUT2D eigenvalue weighted by Gasteiger charge is -2.18. The van der Waals surface area contributed by atoms with E-state index in [0.29, 0.717) is 12.2 Å². The van der Waals surface area contributed by atoms with Crippen LogP contribution < -0.4 is 5.73 Å². The number of nitrogens with two attached hydrogens (primary N) is 1. The Hall–Kier alpha value is -1.55. The van der Waals surface area contributed by atoms with Crippen molar-refractivity contribution in [2.75, 3.05) is 18.8 Å². The molecule has 4 nitrogen and oxygen atoms in total. The molecule has 0 aromatic heterocycles.